The molecule has 10 nitrogen and oxygen atoms in total. The van der Waals surface area contributed by atoms with E-state index in [1.165, 1.54) is 44.9 Å². The summed E-state index contributed by atoms with van der Waals surface area (Å²) in [4.78, 5) is 47.3. The summed E-state index contributed by atoms with van der Waals surface area (Å²) in [5, 5.41) is 0. The molecule has 0 rings (SSSR count). The number of phosphoric ester groups is 1. The molecular formula is C42H77NO9P+. The summed E-state index contributed by atoms with van der Waals surface area (Å²) in [6.07, 6.45) is 32.9. The number of allylic oxidation sites excluding steroid dienone is 6. The molecule has 0 aliphatic heterocycles. The fourth-order valence-electron chi connectivity index (χ4n) is 5.28. The number of ketones is 1. The van der Waals surface area contributed by atoms with Gasteiger partial charge in [-0.2, -0.15) is 0 Å². The number of rotatable bonds is 37. The number of carbonyl (C=O) groups is 3. The van der Waals surface area contributed by atoms with E-state index >= 15 is 0 Å². The lowest BCUT2D eigenvalue weighted by atomic mass is 10.1. The minimum absolute atomic E-state index is 0.0102. The first-order valence-corrected chi connectivity index (χ1v) is 22.2. The third kappa shape index (κ3) is 38.0. The van der Waals surface area contributed by atoms with Crippen LogP contribution in [0.4, 0.5) is 0 Å². The van der Waals surface area contributed by atoms with Gasteiger partial charge in [0.25, 0.3) is 0 Å². The van der Waals surface area contributed by atoms with E-state index in [-0.39, 0.29) is 31.8 Å². The average Bonchev–Trinajstić information content (AvgIpc) is 3.10. The normalized spacial score (nSPS) is 13.9. The zero-order chi connectivity index (χ0) is 39.5. The van der Waals surface area contributed by atoms with Crippen molar-refractivity contribution < 1.29 is 46.8 Å². The van der Waals surface area contributed by atoms with Crippen molar-refractivity contribution in [1.29, 1.82) is 0 Å². The molecule has 0 amide bonds. The highest BCUT2D eigenvalue weighted by Gasteiger charge is 2.27. The maximum absolute atomic E-state index is 12.6. The molecule has 0 saturated heterocycles. The predicted molar refractivity (Wildman–Crippen MR) is 215 cm³/mol. The molecule has 0 fully saturated rings. The van der Waals surface area contributed by atoms with Crippen LogP contribution in [0.2, 0.25) is 0 Å². The van der Waals surface area contributed by atoms with Crippen LogP contribution < -0.4 is 0 Å². The van der Waals surface area contributed by atoms with Crippen LogP contribution in [0.5, 0.6) is 0 Å². The molecule has 0 saturated carbocycles. The first-order valence-electron chi connectivity index (χ1n) is 20.7. The second-order valence-corrected chi connectivity index (χ2v) is 16.5. The van der Waals surface area contributed by atoms with Crippen LogP contribution >= 0.6 is 7.82 Å². The van der Waals surface area contributed by atoms with E-state index in [1.54, 1.807) is 6.08 Å². The highest BCUT2D eigenvalue weighted by molar-refractivity contribution is 7.47. The van der Waals surface area contributed by atoms with Crippen LogP contribution in [0.15, 0.2) is 36.5 Å². The minimum Gasteiger partial charge on any atom is -0.462 e. The number of hydrogen-bond donors (Lipinski definition) is 1. The minimum atomic E-state index is -4.40. The van der Waals surface area contributed by atoms with E-state index in [0.29, 0.717) is 30.3 Å². The zero-order valence-corrected chi connectivity index (χ0v) is 35.1. The second kappa shape index (κ2) is 34.4. The molecule has 1 unspecified atom stereocenters. The summed E-state index contributed by atoms with van der Waals surface area (Å²) in [5.74, 6) is -0.777. The average molecular weight is 771 g/mol. The van der Waals surface area contributed by atoms with Gasteiger partial charge in [-0.15, -0.1) is 0 Å². The summed E-state index contributed by atoms with van der Waals surface area (Å²) >= 11 is 0. The van der Waals surface area contributed by atoms with E-state index in [9.17, 15) is 23.8 Å². The first kappa shape index (κ1) is 50.9. The molecule has 0 aromatic heterocycles. The van der Waals surface area contributed by atoms with Crippen LogP contribution in [-0.2, 0) is 37.5 Å². The highest BCUT2D eigenvalue weighted by Crippen LogP contribution is 2.43. The Morgan fingerprint density at radius 1 is 0.623 bits per heavy atom. The van der Waals surface area contributed by atoms with Gasteiger partial charge in [-0.1, -0.05) is 115 Å². The van der Waals surface area contributed by atoms with E-state index in [4.69, 9.17) is 18.5 Å². The van der Waals surface area contributed by atoms with Crippen LogP contribution in [0.1, 0.15) is 162 Å². The predicted octanol–water partition coefficient (Wildman–Crippen LogP) is 10.5. The lowest BCUT2D eigenvalue weighted by Crippen LogP contribution is -2.37. The molecule has 0 aliphatic rings. The summed E-state index contributed by atoms with van der Waals surface area (Å²) in [6.45, 7) is 4.19. The summed E-state index contributed by atoms with van der Waals surface area (Å²) in [6, 6.07) is 0. The molecule has 0 spiro atoms. The maximum atomic E-state index is 12.6. The molecule has 0 aliphatic carbocycles. The standard InChI is InChI=1S/C42H76NO9P/c1-6-8-10-12-14-15-16-17-18-19-21-25-30-34-42(46)52-40(38-51-53(47,48)50-36-35-43(3,4)5)37-49-41(45)33-29-26-22-24-28-32-39(44)31-27-23-20-13-11-9-7-2/h15-16,20,23,27,31,40H,6-14,17-19,21-22,24-26,28-30,32-38H2,1-5H3/p+1/b16-15-,23-20-,31-27+/t40-/m1/s1. The van der Waals surface area contributed by atoms with Crippen LogP contribution in [-0.4, -0.2) is 80.7 Å². The number of esters is 2. The van der Waals surface area contributed by atoms with Gasteiger partial charge in [-0.05, 0) is 63.9 Å². The maximum Gasteiger partial charge on any atom is 0.472 e. The molecule has 308 valence electrons. The Morgan fingerprint density at radius 2 is 1.13 bits per heavy atom. The number of unbranched alkanes of at least 4 members (excludes halogenated alkanes) is 16. The second-order valence-electron chi connectivity index (χ2n) is 15.1. The van der Waals surface area contributed by atoms with E-state index in [0.717, 1.165) is 70.6 Å². The van der Waals surface area contributed by atoms with Gasteiger partial charge in [0, 0.05) is 19.3 Å². The Labute approximate surface area is 323 Å². The van der Waals surface area contributed by atoms with Crippen molar-refractivity contribution in [3.05, 3.63) is 36.5 Å². The van der Waals surface area contributed by atoms with Gasteiger partial charge in [0.1, 0.15) is 19.8 Å². The molecule has 0 aromatic rings. The van der Waals surface area contributed by atoms with E-state index in [1.807, 2.05) is 33.3 Å². The highest BCUT2D eigenvalue weighted by atomic mass is 31.2. The molecule has 1 N–H and O–H groups in total. The Kier molecular flexibility index (Phi) is 33.0. The number of quaternary nitrogens is 1. The van der Waals surface area contributed by atoms with Gasteiger partial charge in [0.05, 0.1) is 27.7 Å². The smallest absolute Gasteiger partial charge is 0.462 e. The first-order chi connectivity index (χ1) is 25.4. The van der Waals surface area contributed by atoms with Gasteiger partial charge in [0.2, 0.25) is 0 Å². The number of nitrogens with zero attached hydrogens (tertiary/aromatic N) is 1. The molecular weight excluding hydrogens is 693 g/mol. The molecule has 11 heteroatoms. The number of phosphoric acid groups is 1. The molecule has 0 aromatic carbocycles. The van der Waals surface area contributed by atoms with Gasteiger partial charge in [-0.25, -0.2) is 4.57 Å². The zero-order valence-electron chi connectivity index (χ0n) is 34.2. The molecule has 0 radical (unpaired) electrons. The van der Waals surface area contributed by atoms with Crippen LogP contribution in [0.3, 0.4) is 0 Å². The summed E-state index contributed by atoms with van der Waals surface area (Å²) in [5.41, 5.74) is 0. The number of likely N-dealkylation sites (N-methyl/N-ethyl adjacent to an activating group) is 1. The van der Waals surface area contributed by atoms with Crippen LogP contribution in [0.25, 0.3) is 0 Å². The lowest BCUT2D eigenvalue weighted by Gasteiger charge is -2.24. The monoisotopic (exact) mass is 771 g/mol. The molecule has 0 bridgehead atoms. The van der Waals surface area contributed by atoms with E-state index < -0.39 is 32.5 Å². The van der Waals surface area contributed by atoms with Crippen molar-refractivity contribution in [2.45, 2.75) is 168 Å². The van der Waals surface area contributed by atoms with Crippen molar-refractivity contribution in [1.82, 2.24) is 0 Å². The summed E-state index contributed by atoms with van der Waals surface area (Å²) < 4.78 is 34.1. The Morgan fingerprint density at radius 3 is 1.75 bits per heavy atom. The molecule has 0 heterocycles. The number of carbonyl (C=O) groups excluding carboxylic acids is 3. The lowest BCUT2D eigenvalue weighted by molar-refractivity contribution is -0.870. The Hall–Kier alpha value is -2.10. The van der Waals surface area contributed by atoms with Crippen molar-refractivity contribution in [2.24, 2.45) is 0 Å². The van der Waals surface area contributed by atoms with Crippen molar-refractivity contribution in [2.75, 3.05) is 47.5 Å². The fraction of sp³-hybridized carbons (Fsp3) is 0.786. The Bertz CT molecular complexity index is 1070. The van der Waals surface area contributed by atoms with Crippen molar-refractivity contribution >= 4 is 25.5 Å². The summed E-state index contributed by atoms with van der Waals surface area (Å²) in [7, 11) is 1.40. The van der Waals surface area contributed by atoms with Crippen LogP contribution in [0, 0.1) is 0 Å². The topological polar surface area (TPSA) is 125 Å². The molecule has 53 heavy (non-hydrogen) atoms. The van der Waals surface area contributed by atoms with Gasteiger partial charge in [0.15, 0.2) is 11.9 Å². The third-order valence-electron chi connectivity index (χ3n) is 8.62. The van der Waals surface area contributed by atoms with Gasteiger partial charge in [-0.3, -0.25) is 23.4 Å². The van der Waals surface area contributed by atoms with Crippen molar-refractivity contribution in [3.63, 3.8) is 0 Å². The number of ether oxygens (including phenoxy) is 2. The largest absolute Gasteiger partial charge is 0.472 e. The third-order valence-corrected chi connectivity index (χ3v) is 9.60. The Balaban J connectivity index is 4.50. The quantitative estimate of drug-likeness (QED) is 0.0125. The number of hydrogen-bond acceptors (Lipinski definition) is 8. The fourth-order valence-corrected chi connectivity index (χ4v) is 6.02. The van der Waals surface area contributed by atoms with Crippen molar-refractivity contribution in [3.8, 4) is 0 Å². The van der Waals surface area contributed by atoms with E-state index in [2.05, 4.69) is 32.1 Å². The molecule has 2 atom stereocenters. The SMILES string of the molecule is CCCCC/C=C\C=C\C(=O)CCCCCCCC(=O)OC[C@H](COP(=O)(O)OCC[N+](C)(C)C)OC(=O)CCCCCCC/C=C\CCCCCC. The van der Waals surface area contributed by atoms with Gasteiger partial charge >= 0.3 is 19.8 Å². The van der Waals surface area contributed by atoms with Gasteiger partial charge < -0.3 is 18.9 Å².